The van der Waals surface area contributed by atoms with Crippen molar-refractivity contribution in [1.82, 2.24) is 0 Å². The van der Waals surface area contributed by atoms with E-state index < -0.39 is 23.5 Å². The molecule has 0 aliphatic carbocycles. The fourth-order valence-electron chi connectivity index (χ4n) is 3.17. The van der Waals surface area contributed by atoms with Gasteiger partial charge in [0, 0.05) is 28.0 Å². The molecule has 152 valence electrons. The maximum Gasteiger partial charge on any atom is 0.416 e. The molecular formula is C23H15F4NO2. The summed E-state index contributed by atoms with van der Waals surface area (Å²) >= 11 is 0. The number of alkyl halides is 3. The van der Waals surface area contributed by atoms with Crippen molar-refractivity contribution in [3.8, 4) is 5.75 Å². The lowest BCUT2D eigenvalue weighted by Gasteiger charge is -2.10. The highest BCUT2D eigenvalue weighted by atomic mass is 19.4. The lowest BCUT2D eigenvalue weighted by Crippen LogP contribution is -2.06. The third-order valence-electron chi connectivity index (χ3n) is 4.69. The molecule has 1 N–H and O–H groups in total. The molecule has 4 rings (SSSR count). The largest absolute Gasteiger partial charge is 0.488 e. The Morgan fingerprint density at radius 1 is 0.967 bits per heavy atom. The number of anilines is 1. The molecule has 0 bridgehead atoms. The quantitative estimate of drug-likeness (QED) is 0.426. The molecule has 0 atom stereocenters. The Kier molecular flexibility index (Phi) is 5.03. The van der Waals surface area contributed by atoms with E-state index in [1.54, 1.807) is 48.5 Å². The first-order valence-corrected chi connectivity index (χ1v) is 9.03. The lowest BCUT2D eigenvalue weighted by atomic mass is 10.0. The first kappa shape index (κ1) is 19.7. The first-order chi connectivity index (χ1) is 14.3. The Labute approximate surface area is 169 Å². The predicted octanol–water partition coefficient (Wildman–Crippen LogP) is 5.92. The fourth-order valence-corrected chi connectivity index (χ4v) is 3.17. The van der Waals surface area contributed by atoms with Crippen LogP contribution in [0.25, 0.3) is 11.6 Å². The second-order valence-corrected chi connectivity index (χ2v) is 6.69. The van der Waals surface area contributed by atoms with Gasteiger partial charge >= 0.3 is 6.18 Å². The Hall–Kier alpha value is -3.61. The molecule has 1 aliphatic rings. The normalized spacial score (nSPS) is 14.5. The van der Waals surface area contributed by atoms with Gasteiger partial charge in [-0.15, -0.1) is 0 Å². The minimum atomic E-state index is -4.50. The fraction of sp³-hybridized carbons (Fsp3) is 0.0870. The summed E-state index contributed by atoms with van der Waals surface area (Å²) in [6, 6.07) is 16.2. The molecule has 0 unspecified atom stereocenters. The van der Waals surface area contributed by atoms with Gasteiger partial charge in [-0.05, 0) is 30.3 Å². The maximum absolute atomic E-state index is 13.8. The molecule has 1 aliphatic heterocycles. The van der Waals surface area contributed by atoms with Crippen LogP contribution in [0.3, 0.4) is 0 Å². The van der Waals surface area contributed by atoms with Gasteiger partial charge in [0.25, 0.3) is 5.91 Å². The molecule has 1 heterocycles. The van der Waals surface area contributed by atoms with E-state index in [2.05, 4.69) is 5.32 Å². The molecule has 0 aromatic heterocycles. The van der Waals surface area contributed by atoms with Crippen LogP contribution < -0.4 is 10.1 Å². The zero-order chi connectivity index (χ0) is 21.3. The van der Waals surface area contributed by atoms with Crippen LogP contribution in [0.2, 0.25) is 0 Å². The van der Waals surface area contributed by atoms with Crippen molar-refractivity contribution in [2.75, 3.05) is 5.32 Å². The van der Waals surface area contributed by atoms with Crippen LogP contribution in [0.15, 0.2) is 66.7 Å². The van der Waals surface area contributed by atoms with Gasteiger partial charge in [0.05, 0.1) is 5.56 Å². The summed E-state index contributed by atoms with van der Waals surface area (Å²) in [5.74, 6) is -0.479. The minimum absolute atomic E-state index is 0.00934. The smallest absolute Gasteiger partial charge is 0.416 e. The number of carbonyl (C=O) groups excluding carboxylic acids is 1. The summed E-state index contributed by atoms with van der Waals surface area (Å²) in [5, 5.41) is 2.47. The zero-order valence-electron chi connectivity index (χ0n) is 15.5. The Bertz CT molecular complexity index is 1150. The Morgan fingerprint density at radius 2 is 1.70 bits per heavy atom. The van der Waals surface area contributed by atoms with Crippen molar-refractivity contribution in [3.05, 3.63) is 94.8 Å². The number of amides is 1. The highest BCUT2D eigenvalue weighted by molar-refractivity contribution is 6.35. The van der Waals surface area contributed by atoms with E-state index in [9.17, 15) is 22.4 Å². The van der Waals surface area contributed by atoms with Crippen LogP contribution in [0.5, 0.6) is 5.75 Å². The van der Waals surface area contributed by atoms with E-state index in [0.29, 0.717) is 22.4 Å². The standard InChI is InChI=1S/C23H15F4NO2/c24-19-7-3-1-6-15(19)13-30-21-8-4-2-5-14(21)11-18-17-10-9-16(23(25,26)27)12-20(17)28-22(18)29/h1-12H,13H2,(H,28,29)/b18-11-. The van der Waals surface area contributed by atoms with Gasteiger partial charge < -0.3 is 10.1 Å². The molecule has 3 aromatic carbocycles. The summed E-state index contributed by atoms with van der Waals surface area (Å²) in [7, 11) is 0. The molecule has 3 aromatic rings. The number of carbonyl (C=O) groups is 1. The third kappa shape index (κ3) is 3.91. The van der Waals surface area contributed by atoms with Gasteiger partial charge in [0.15, 0.2) is 0 Å². The van der Waals surface area contributed by atoms with Gasteiger partial charge in [-0.1, -0.05) is 42.5 Å². The lowest BCUT2D eigenvalue weighted by molar-refractivity contribution is -0.137. The zero-order valence-corrected chi connectivity index (χ0v) is 15.5. The number of rotatable bonds is 4. The van der Waals surface area contributed by atoms with Crippen molar-refractivity contribution < 1.29 is 27.1 Å². The highest BCUT2D eigenvalue weighted by Crippen LogP contribution is 2.39. The monoisotopic (exact) mass is 413 g/mol. The van der Waals surface area contributed by atoms with Crippen molar-refractivity contribution in [1.29, 1.82) is 0 Å². The summed E-state index contributed by atoms with van der Waals surface area (Å²) in [5.41, 5.74) is 0.787. The maximum atomic E-state index is 13.8. The van der Waals surface area contributed by atoms with Crippen molar-refractivity contribution in [2.24, 2.45) is 0 Å². The Balaban J connectivity index is 1.65. The highest BCUT2D eigenvalue weighted by Gasteiger charge is 2.33. The van der Waals surface area contributed by atoms with E-state index >= 15 is 0 Å². The summed E-state index contributed by atoms with van der Waals surface area (Å²) in [4.78, 5) is 12.4. The predicted molar refractivity (Wildman–Crippen MR) is 105 cm³/mol. The van der Waals surface area contributed by atoms with Gasteiger partial charge in [0.2, 0.25) is 0 Å². The van der Waals surface area contributed by atoms with E-state index in [1.165, 1.54) is 12.1 Å². The summed E-state index contributed by atoms with van der Waals surface area (Å²) in [6.07, 6.45) is -2.95. The average Bonchev–Trinajstić information content (AvgIpc) is 3.02. The second kappa shape index (κ2) is 7.67. The number of fused-ring (bicyclic) bond motifs is 1. The second-order valence-electron chi connectivity index (χ2n) is 6.69. The molecule has 0 radical (unpaired) electrons. The number of halogens is 4. The van der Waals surface area contributed by atoms with E-state index in [4.69, 9.17) is 4.74 Å². The topological polar surface area (TPSA) is 38.3 Å². The number of hydrogen-bond acceptors (Lipinski definition) is 2. The average molecular weight is 413 g/mol. The van der Waals surface area contributed by atoms with Crippen LogP contribution >= 0.6 is 0 Å². The summed E-state index contributed by atoms with van der Waals surface area (Å²) in [6.45, 7) is -0.00934. The molecule has 0 fully saturated rings. The third-order valence-corrected chi connectivity index (χ3v) is 4.69. The van der Waals surface area contributed by atoms with Gasteiger partial charge in [-0.3, -0.25) is 4.79 Å². The number of para-hydroxylation sites is 1. The molecule has 7 heteroatoms. The molecule has 30 heavy (non-hydrogen) atoms. The van der Waals surface area contributed by atoms with Gasteiger partial charge in [-0.2, -0.15) is 13.2 Å². The van der Waals surface area contributed by atoms with Gasteiger partial charge in [-0.25, -0.2) is 4.39 Å². The van der Waals surface area contributed by atoms with Crippen LogP contribution in [0, 0.1) is 5.82 Å². The van der Waals surface area contributed by atoms with Crippen molar-refractivity contribution in [3.63, 3.8) is 0 Å². The first-order valence-electron chi connectivity index (χ1n) is 9.03. The van der Waals surface area contributed by atoms with E-state index in [1.807, 2.05) is 0 Å². The van der Waals surface area contributed by atoms with Crippen LogP contribution in [0.4, 0.5) is 23.2 Å². The number of ether oxygens (including phenoxy) is 1. The number of benzene rings is 3. The SMILES string of the molecule is O=C1Nc2cc(C(F)(F)F)ccc2/C1=C/c1ccccc1OCc1ccccc1F. The number of nitrogens with one attached hydrogen (secondary N) is 1. The summed E-state index contributed by atoms with van der Waals surface area (Å²) < 4.78 is 58.4. The minimum Gasteiger partial charge on any atom is -0.488 e. The molecule has 0 saturated heterocycles. The van der Waals surface area contributed by atoms with E-state index in [-0.39, 0.29) is 17.9 Å². The Morgan fingerprint density at radius 3 is 2.47 bits per heavy atom. The van der Waals surface area contributed by atoms with Crippen LogP contribution in [-0.2, 0) is 17.6 Å². The molecular weight excluding hydrogens is 398 g/mol. The van der Waals surface area contributed by atoms with Crippen LogP contribution in [0.1, 0.15) is 22.3 Å². The molecule has 0 saturated carbocycles. The van der Waals surface area contributed by atoms with Crippen molar-refractivity contribution in [2.45, 2.75) is 12.8 Å². The van der Waals surface area contributed by atoms with E-state index in [0.717, 1.165) is 12.1 Å². The van der Waals surface area contributed by atoms with Crippen LogP contribution in [-0.4, -0.2) is 5.91 Å². The number of hydrogen-bond donors (Lipinski definition) is 1. The molecule has 3 nitrogen and oxygen atoms in total. The van der Waals surface area contributed by atoms with Gasteiger partial charge in [0.1, 0.15) is 18.2 Å². The molecule has 1 amide bonds. The van der Waals surface area contributed by atoms with Crippen molar-refractivity contribution >= 4 is 23.2 Å². The molecule has 0 spiro atoms.